The van der Waals surface area contributed by atoms with E-state index in [0.29, 0.717) is 22.5 Å². The van der Waals surface area contributed by atoms with Crippen molar-refractivity contribution in [2.45, 2.75) is 32.9 Å². The molecule has 0 bridgehead atoms. The molecule has 164 valence electrons. The first-order valence-corrected chi connectivity index (χ1v) is 9.54. The molecule has 0 atom stereocenters. The molecule has 6 nitrogen and oxygen atoms in total. The summed E-state index contributed by atoms with van der Waals surface area (Å²) in [6.07, 6.45) is 1.47. The molecular weight excluding hydrogens is 411 g/mol. The minimum atomic E-state index is -2.97. The molecule has 0 fully saturated rings. The summed E-state index contributed by atoms with van der Waals surface area (Å²) in [4.78, 5) is 12.8. The molecule has 9 heteroatoms. The van der Waals surface area contributed by atoms with Crippen molar-refractivity contribution in [2.75, 3.05) is 7.11 Å². The largest absolute Gasteiger partial charge is 0.493 e. The Hall–Kier alpha value is -3.49. The highest BCUT2D eigenvalue weighted by molar-refractivity contribution is 5.95. The summed E-state index contributed by atoms with van der Waals surface area (Å²) < 4.78 is 49.3. The van der Waals surface area contributed by atoms with Gasteiger partial charge in [0.25, 0.3) is 5.91 Å². The number of nitrogens with zero attached hydrogens (tertiary/aromatic N) is 2. The van der Waals surface area contributed by atoms with Crippen LogP contribution in [0, 0.1) is 5.82 Å². The van der Waals surface area contributed by atoms with Gasteiger partial charge >= 0.3 is 6.61 Å². The Morgan fingerprint density at radius 3 is 2.45 bits per heavy atom. The maximum Gasteiger partial charge on any atom is 0.387 e. The van der Waals surface area contributed by atoms with E-state index in [1.807, 2.05) is 13.8 Å². The van der Waals surface area contributed by atoms with Crippen LogP contribution in [-0.4, -0.2) is 29.4 Å². The number of benzene rings is 2. The quantitative estimate of drug-likeness (QED) is 0.561. The minimum absolute atomic E-state index is 0.0285. The molecule has 0 spiro atoms. The topological polar surface area (TPSA) is 65.4 Å². The van der Waals surface area contributed by atoms with Gasteiger partial charge < -0.3 is 14.8 Å². The summed E-state index contributed by atoms with van der Waals surface area (Å²) in [5.74, 6) is -0.683. The van der Waals surface area contributed by atoms with E-state index in [9.17, 15) is 18.0 Å². The standard InChI is InChI=1S/C22H22F3N3O3/c1-13(2)20-17(12-27-28(20)16-7-5-15(23)6-8-16)21(29)26-11-14-4-9-18(31-22(24)25)19(10-14)30-3/h4-10,12-13,22H,11H2,1-3H3,(H,26,29). The van der Waals surface area contributed by atoms with E-state index in [1.165, 1.54) is 37.6 Å². The number of methoxy groups -OCH3 is 1. The zero-order chi connectivity index (χ0) is 22.5. The molecule has 1 amide bonds. The number of rotatable bonds is 8. The van der Waals surface area contributed by atoms with Gasteiger partial charge in [-0.3, -0.25) is 4.79 Å². The third-order valence-corrected chi connectivity index (χ3v) is 4.57. The highest BCUT2D eigenvalue weighted by atomic mass is 19.3. The second kappa shape index (κ2) is 9.55. The van der Waals surface area contributed by atoms with Crippen molar-refractivity contribution in [3.05, 3.63) is 71.3 Å². The lowest BCUT2D eigenvalue weighted by molar-refractivity contribution is -0.0512. The summed E-state index contributed by atoms with van der Waals surface area (Å²) in [7, 11) is 1.34. The lowest BCUT2D eigenvalue weighted by Crippen LogP contribution is -2.24. The summed E-state index contributed by atoms with van der Waals surface area (Å²) in [5, 5.41) is 7.10. The van der Waals surface area contributed by atoms with E-state index in [0.717, 1.165) is 0 Å². The Morgan fingerprint density at radius 2 is 1.84 bits per heavy atom. The van der Waals surface area contributed by atoms with E-state index in [4.69, 9.17) is 4.74 Å². The molecule has 0 saturated heterocycles. The number of carbonyl (C=O) groups is 1. The van der Waals surface area contributed by atoms with Crippen molar-refractivity contribution in [2.24, 2.45) is 0 Å². The first kappa shape index (κ1) is 22.2. The van der Waals surface area contributed by atoms with Crippen molar-refractivity contribution in [1.29, 1.82) is 0 Å². The molecule has 3 aromatic rings. The normalized spacial score (nSPS) is 11.1. The zero-order valence-corrected chi connectivity index (χ0v) is 17.2. The molecule has 0 aliphatic carbocycles. The van der Waals surface area contributed by atoms with Crippen LogP contribution in [0.4, 0.5) is 13.2 Å². The Labute approximate surface area is 177 Å². The molecule has 2 aromatic carbocycles. The van der Waals surface area contributed by atoms with E-state index < -0.39 is 6.61 Å². The molecule has 0 aliphatic rings. The van der Waals surface area contributed by atoms with Crippen molar-refractivity contribution in [1.82, 2.24) is 15.1 Å². The van der Waals surface area contributed by atoms with Crippen molar-refractivity contribution < 1.29 is 27.4 Å². The summed E-state index contributed by atoms with van der Waals surface area (Å²) in [6.45, 7) is 1.04. The smallest absolute Gasteiger partial charge is 0.387 e. The molecule has 0 aliphatic heterocycles. The Morgan fingerprint density at radius 1 is 1.13 bits per heavy atom. The molecule has 0 radical (unpaired) electrons. The van der Waals surface area contributed by atoms with Gasteiger partial charge in [0.2, 0.25) is 0 Å². The first-order valence-electron chi connectivity index (χ1n) is 9.54. The molecule has 31 heavy (non-hydrogen) atoms. The summed E-state index contributed by atoms with van der Waals surface area (Å²) in [5.41, 5.74) is 2.36. The third-order valence-electron chi connectivity index (χ3n) is 4.57. The fourth-order valence-electron chi connectivity index (χ4n) is 3.17. The fraction of sp³-hybridized carbons (Fsp3) is 0.273. The summed E-state index contributed by atoms with van der Waals surface area (Å²) in [6, 6.07) is 10.3. The van der Waals surface area contributed by atoms with Crippen LogP contribution in [0.25, 0.3) is 5.69 Å². The average molecular weight is 433 g/mol. The number of ether oxygens (including phenoxy) is 2. The molecule has 0 unspecified atom stereocenters. The van der Waals surface area contributed by atoms with Crippen LogP contribution >= 0.6 is 0 Å². The van der Waals surface area contributed by atoms with Crippen LogP contribution in [0.1, 0.15) is 41.4 Å². The van der Waals surface area contributed by atoms with Gasteiger partial charge in [-0.15, -0.1) is 0 Å². The van der Waals surface area contributed by atoms with Gasteiger partial charge in [-0.2, -0.15) is 13.9 Å². The molecule has 1 heterocycles. The van der Waals surface area contributed by atoms with E-state index in [2.05, 4.69) is 15.2 Å². The molecule has 3 rings (SSSR count). The zero-order valence-electron chi connectivity index (χ0n) is 17.2. The predicted molar refractivity (Wildman–Crippen MR) is 108 cm³/mol. The van der Waals surface area contributed by atoms with Crippen molar-refractivity contribution in [3.63, 3.8) is 0 Å². The lowest BCUT2D eigenvalue weighted by atomic mass is 10.0. The molecule has 1 aromatic heterocycles. The SMILES string of the molecule is COc1cc(CNC(=O)c2cnn(-c3ccc(F)cc3)c2C(C)C)ccc1OC(F)F. The number of hydrogen-bond donors (Lipinski definition) is 1. The number of hydrogen-bond acceptors (Lipinski definition) is 4. The van der Waals surface area contributed by atoms with Gasteiger partial charge in [0, 0.05) is 6.54 Å². The van der Waals surface area contributed by atoms with Gasteiger partial charge in [-0.1, -0.05) is 19.9 Å². The van der Waals surface area contributed by atoms with E-state index in [-0.39, 0.29) is 35.7 Å². The highest BCUT2D eigenvalue weighted by Gasteiger charge is 2.21. The van der Waals surface area contributed by atoms with Crippen LogP contribution in [0.15, 0.2) is 48.7 Å². The molecular formula is C22H22F3N3O3. The van der Waals surface area contributed by atoms with Crippen molar-refractivity contribution in [3.8, 4) is 17.2 Å². The fourth-order valence-corrected chi connectivity index (χ4v) is 3.17. The molecule has 1 N–H and O–H groups in total. The van der Waals surface area contributed by atoms with Crippen LogP contribution in [0.2, 0.25) is 0 Å². The van der Waals surface area contributed by atoms with E-state index >= 15 is 0 Å². The predicted octanol–water partition coefficient (Wildman–Crippen LogP) is 4.67. The number of aromatic nitrogens is 2. The number of alkyl halides is 2. The highest BCUT2D eigenvalue weighted by Crippen LogP contribution is 2.29. The monoisotopic (exact) mass is 433 g/mol. The lowest BCUT2D eigenvalue weighted by Gasteiger charge is -2.14. The van der Waals surface area contributed by atoms with Gasteiger partial charge in [0.05, 0.1) is 30.3 Å². The first-order chi connectivity index (χ1) is 14.8. The van der Waals surface area contributed by atoms with E-state index in [1.54, 1.807) is 22.9 Å². The Bertz CT molecular complexity index is 1050. The number of carbonyl (C=O) groups excluding carboxylic acids is 1. The van der Waals surface area contributed by atoms with Gasteiger partial charge in [0.15, 0.2) is 11.5 Å². The van der Waals surface area contributed by atoms with Crippen molar-refractivity contribution >= 4 is 5.91 Å². The maximum atomic E-state index is 13.3. The summed E-state index contributed by atoms with van der Waals surface area (Å²) >= 11 is 0. The second-order valence-electron chi connectivity index (χ2n) is 7.03. The molecule has 0 saturated carbocycles. The number of nitrogens with one attached hydrogen (secondary N) is 1. The van der Waals surface area contributed by atoms with Gasteiger partial charge in [-0.25, -0.2) is 9.07 Å². The van der Waals surface area contributed by atoms with Gasteiger partial charge in [-0.05, 0) is 47.9 Å². The van der Waals surface area contributed by atoms with Gasteiger partial charge in [0.1, 0.15) is 5.82 Å². The number of halogens is 3. The Kier molecular flexibility index (Phi) is 6.84. The van der Waals surface area contributed by atoms with Crippen LogP contribution < -0.4 is 14.8 Å². The van der Waals surface area contributed by atoms with Crippen LogP contribution in [0.3, 0.4) is 0 Å². The second-order valence-corrected chi connectivity index (χ2v) is 7.03. The Balaban J connectivity index is 1.79. The average Bonchev–Trinajstić information content (AvgIpc) is 3.18. The van der Waals surface area contributed by atoms with Crippen LogP contribution in [0.5, 0.6) is 11.5 Å². The van der Waals surface area contributed by atoms with Crippen LogP contribution in [-0.2, 0) is 6.54 Å². The maximum absolute atomic E-state index is 13.3. The third kappa shape index (κ3) is 5.17. The number of amides is 1. The minimum Gasteiger partial charge on any atom is -0.493 e.